The zero-order valence-corrected chi connectivity index (χ0v) is 10.4. The molecule has 0 saturated heterocycles. The van der Waals surface area contributed by atoms with Crippen LogP contribution in [0, 0.1) is 0 Å². The Morgan fingerprint density at radius 2 is 1.83 bits per heavy atom. The van der Waals surface area contributed by atoms with Crippen molar-refractivity contribution in [3.8, 4) is 0 Å². The van der Waals surface area contributed by atoms with Crippen molar-refractivity contribution in [2.45, 2.75) is 37.7 Å². The number of aliphatic hydroxyl groups is 1. The number of benzene rings is 1. The van der Waals surface area contributed by atoms with Crippen molar-refractivity contribution in [1.82, 2.24) is 0 Å². The molecule has 4 nitrogen and oxygen atoms in total. The molecule has 0 unspecified atom stereocenters. The molecule has 0 aromatic heterocycles. The zero-order chi connectivity index (χ0) is 12.8. The molecule has 18 heavy (non-hydrogen) atoms. The first-order valence-corrected chi connectivity index (χ1v) is 6.35. The lowest BCUT2D eigenvalue weighted by Crippen LogP contribution is -2.45. The second kappa shape index (κ2) is 5.78. The van der Waals surface area contributed by atoms with E-state index < -0.39 is 5.60 Å². The number of nitrogens with zero attached hydrogens (tertiary/aromatic N) is 2. The highest BCUT2D eigenvalue weighted by atomic mass is 16.3. The summed E-state index contributed by atoms with van der Waals surface area (Å²) in [5, 5.41) is 18.2. The second-order valence-electron chi connectivity index (χ2n) is 4.73. The molecule has 0 radical (unpaired) electrons. The summed E-state index contributed by atoms with van der Waals surface area (Å²) in [6, 6.07) is 9.68. The van der Waals surface area contributed by atoms with Gasteiger partial charge in [-0.15, -0.1) is 5.10 Å². The van der Waals surface area contributed by atoms with Crippen molar-refractivity contribution in [1.29, 1.82) is 0 Å². The first kappa shape index (κ1) is 12.8. The third-order valence-corrected chi connectivity index (χ3v) is 3.33. The summed E-state index contributed by atoms with van der Waals surface area (Å²) in [6.07, 6.45) is 6.15. The van der Waals surface area contributed by atoms with Crippen molar-refractivity contribution in [2.75, 3.05) is 0 Å². The normalized spacial score (nSPS) is 20.2. The van der Waals surface area contributed by atoms with Gasteiger partial charge in [-0.3, -0.25) is 0 Å². The Morgan fingerprint density at radius 1 is 1.17 bits per heavy atom. The van der Waals surface area contributed by atoms with E-state index in [1.807, 2.05) is 30.3 Å². The smallest absolute Gasteiger partial charge is 0.154 e. The minimum atomic E-state index is -0.952. The summed E-state index contributed by atoms with van der Waals surface area (Å²) in [6.45, 7) is 0. The summed E-state index contributed by atoms with van der Waals surface area (Å²) in [7, 11) is 0. The molecule has 3 N–H and O–H groups in total. The fraction of sp³-hybridized carbons (Fsp3) is 0.429. The fourth-order valence-electron chi connectivity index (χ4n) is 2.18. The maximum atomic E-state index is 10.3. The van der Waals surface area contributed by atoms with Crippen LogP contribution < -0.4 is 5.73 Å². The molecular weight excluding hydrogens is 226 g/mol. The summed E-state index contributed by atoms with van der Waals surface area (Å²) in [4.78, 5) is 0. The molecule has 1 saturated carbocycles. The van der Waals surface area contributed by atoms with Gasteiger partial charge < -0.3 is 10.8 Å². The van der Waals surface area contributed by atoms with E-state index in [-0.39, 0.29) is 5.84 Å². The monoisotopic (exact) mass is 245 g/mol. The third-order valence-electron chi connectivity index (χ3n) is 3.33. The van der Waals surface area contributed by atoms with Crippen LogP contribution in [0.3, 0.4) is 0 Å². The van der Waals surface area contributed by atoms with Gasteiger partial charge in [-0.1, -0.05) is 49.6 Å². The van der Waals surface area contributed by atoms with E-state index in [2.05, 4.69) is 10.2 Å². The van der Waals surface area contributed by atoms with Crippen molar-refractivity contribution in [2.24, 2.45) is 15.9 Å². The number of nitrogens with two attached hydrogens (primary N) is 1. The van der Waals surface area contributed by atoms with E-state index in [1.165, 1.54) is 0 Å². The van der Waals surface area contributed by atoms with E-state index >= 15 is 0 Å². The Balaban J connectivity index is 2.02. The molecule has 4 heteroatoms. The van der Waals surface area contributed by atoms with Crippen LogP contribution in [0.25, 0.3) is 0 Å². The van der Waals surface area contributed by atoms with Crippen LogP contribution in [-0.4, -0.2) is 22.8 Å². The van der Waals surface area contributed by atoms with E-state index in [4.69, 9.17) is 5.73 Å². The van der Waals surface area contributed by atoms with Gasteiger partial charge in [-0.2, -0.15) is 5.10 Å². The van der Waals surface area contributed by atoms with Crippen LogP contribution in [-0.2, 0) is 0 Å². The first-order chi connectivity index (χ1) is 8.71. The van der Waals surface area contributed by atoms with Gasteiger partial charge in [0.1, 0.15) is 5.60 Å². The Morgan fingerprint density at radius 3 is 2.50 bits per heavy atom. The maximum Gasteiger partial charge on any atom is 0.154 e. The average molecular weight is 245 g/mol. The standard InChI is InChI=1S/C14H19N3O/c15-13(14(18)9-5-2-6-10-14)17-16-11-12-7-3-1-4-8-12/h1,3-4,7-8,11,18H,2,5-6,9-10H2,(H2,15,17)/b16-11+. The molecule has 1 aromatic rings. The van der Waals surface area contributed by atoms with Crippen LogP contribution in [0.2, 0.25) is 0 Å². The molecule has 0 bridgehead atoms. The van der Waals surface area contributed by atoms with Gasteiger partial charge in [-0.25, -0.2) is 0 Å². The maximum absolute atomic E-state index is 10.3. The van der Waals surface area contributed by atoms with E-state index in [0.717, 1.165) is 24.8 Å². The van der Waals surface area contributed by atoms with Crippen LogP contribution >= 0.6 is 0 Å². The molecule has 1 aromatic carbocycles. The Bertz CT molecular complexity index is 434. The quantitative estimate of drug-likeness (QED) is 0.486. The van der Waals surface area contributed by atoms with E-state index in [1.54, 1.807) is 6.21 Å². The van der Waals surface area contributed by atoms with Gasteiger partial charge in [-0.05, 0) is 18.4 Å². The van der Waals surface area contributed by atoms with Gasteiger partial charge in [0.2, 0.25) is 0 Å². The lowest BCUT2D eigenvalue weighted by molar-refractivity contribution is 0.0694. The highest BCUT2D eigenvalue weighted by Gasteiger charge is 2.33. The summed E-state index contributed by atoms with van der Waals surface area (Å²) >= 11 is 0. The Hall–Kier alpha value is -1.68. The van der Waals surface area contributed by atoms with Gasteiger partial charge in [0, 0.05) is 0 Å². The zero-order valence-electron chi connectivity index (χ0n) is 10.4. The van der Waals surface area contributed by atoms with Crippen LogP contribution in [0.4, 0.5) is 0 Å². The molecule has 0 aliphatic heterocycles. The summed E-state index contributed by atoms with van der Waals surface area (Å²) in [5.74, 6) is 0.231. The molecule has 96 valence electrons. The number of hydrogen-bond donors (Lipinski definition) is 2. The van der Waals surface area contributed by atoms with Gasteiger partial charge in [0.25, 0.3) is 0 Å². The predicted molar refractivity (Wildman–Crippen MR) is 73.7 cm³/mol. The fourth-order valence-corrected chi connectivity index (χ4v) is 2.18. The summed E-state index contributed by atoms with van der Waals surface area (Å²) in [5.41, 5.74) is 5.84. The topological polar surface area (TPSA) is 71.0 Å². The van der Waals surface area contributed by atoms with Gasteiger partial charge in [0.15, 0.2) is 5.84 Å². The van der Waals surface area contributed by atoms with Crippen LogP contribution in [0.15, 0.2) is 40.5 Å². The molecule has 0 spiro atoms. The Kier molecular flexibility index (Phi) is 4.10. The minimum Gasteiger partial charge on any atom is -0.383 e. The second-order valence-corrected chi connectivity index (χ2v) is 4.73. The van der Waals surface area contributed by atoms with Gasteiger partial charge in [0.05, 0.1) is 6.21 Å². The van der Waals surface area contributed by atoms with Crippen molar-refractivity contribution in [3.05, 3.63) is 35.9 Å². The molecule has 1 aliphatic rings. The van der Waals surface area contributed by atoms with Gasteiger partial charge >= 0.3 is 0 Å². The Labute approximate surface area is 107 Å². The first-order valence-electron chi connectivity index (χ1n) is 6.35. The highest BCUT2D eigenvalue weighted by Crippen LogP contribution is 2.28. The molecule has 0 amide bonds. The molecule has 1 fully saturated rings. The average Bonchev–Trinajstić information content (AvgIpc) is 2.41. The third kappa shape index (κ3) is 3.17. The SMILES string of the molecule is N/C(=N/N=C/c1ccccc1)C1(O)CCCCC1. The van der Waals surface area contributed by atoms with Crippen LogP contribution in [0.1, 0.15) is 37.7 Å². The van der Waals surface area contributed by atoms with E-state index in [9.17, 15) is 5.11 Å². The van der Waals surface area contributed by atoms with Crippen molar-refractivity contribution in [3.63, 3.8) is 0 Å². The largest absolute Gasteiger partial charge is 0.383 e. The van der Waals surface area contributed by atoms with E-state index in [0.29, 0.717) is 12.8 Å². The van der Waals surface area contributed by atoms with Crippen LogP contribution in [0.5, 0.6) is 0 Å². The molecule has 0 atom stereocenters. The summed E-state index contributed by atoms with van der Waals surface area (Å²) < 4.78 is 0. The van der Waals surface area contributed by atoms with Crippen molar-refractivity contribution >= 4 is 12.1 Å². The highest BCUT2D eigenvalue weighted by molar-refractivity contribution is 5.89. The number of rotatable bonds is 3. The molecule has 0 heterocycles. The molecule has 2 rings (SSSR count). The predicted octanol–water partition coefficient (Wildman–Crippen LogP) is 2.07. The lowest BCUT2D eigenvalue weighted by Gasteiger charge is -2.30. The minimum absolute atomic E-state index is 0.231. The van der Waals surface area contributed by atoms with Crippen molar-refractivity contribution < 1.29 is 5.11 Å². The molecule has 1 aliphatic carbocycles. The number of amidine groups is 1. The molecular formula is C14H19N3O. The number of hydrogen-bond acceptors (Lipinski definition) is 3. The lowest BCUT2D eigenvalue weighted by atomic mass is 9.84.